The summed E-state index contributed by atoms with van der Waals surface area (Å²) in [4.78, 5) is 17.0. The molecule has 5 nitrogen and oxygen atoms in total. The average molecular weight is 338 g/mol. The Morgan fingerprint density at radius 1 is 1.04 bits per heavy atom. The Bertz CT molecular complexity index is 382. The van der Waals surface area contributed by atoms with Gasteiger partial charge in [-0.05, 0) is 64.5 Å². The zero-order valence-electron chi connectivity index (χ0n) is 15.3. The van der Waals surface area contributed by atoms with Crippen molar-refractivity contribution in [2.75, 3.05) is 39.3 Å². The van der Waals surface area contributed by atoms with Gasteiger partial charge in [0.15, 0.2) is 0 Å². The number of amides is 2. The van der Waals surface area contributed by atoms with E-state index in [4.69, 9.17) is 4.74 Å². The van der Waals surface area contributed by atoms with Gasteiger partial charge >= 0.3 is 6.03 Å². The van der Waals surface area contributed by atoms with E-state index in [1.807, 2.05) is 4.90 Å². The standard InChI is InChI=1S/C19H35N3O2/c1-16(15-21-10-4-2-3-5-11-21)20-19(23)22-12-8-17(9-13-22)18-7-6-14-24-18/h16-18H,2-15H2,1H3,(H,20,23)/t16-,18+/m0/s1. The van der Waals surface area contributed by atoms with Gasteiger partial charge in [0.25, 0.3) is 0 Å². The van der Waals surface area contributed by atoms with Crippen LogP contribution < -0.4 is 5.32 Å². The monoisotopic (exact) mass is 337 g/mol. The lowest BCUT2D eigenvalue weighted by Gasteiger charge is -2.35. The van der Waals surface area contributed by atoms with Crippen LogP contribution in [0.1, 0.15) is 58.3 Å². The van der Waals surface area contributed by atoms with Crippen molar-refractivity contribution in [3.05, 3.63) is 0 Å². The van der Waals surface area contributed by atoms with Gasteiger partial charge in [0.05, 0.1) is 6.10 Å². The number of ether oxygens (including phenoxy) is 1. The van der Waals surface area contributed by atoms with Crippen LogP contribution in [-0.2, 0) is 4.74 Å². The van der Waals surface area contributed by atoms with E-state index < -0.39 is 0 Å². The number of carbonyl (C=O) groups excluding carboxylic acids is 1. The second-order valence-electron chi connectivity index (χ2n) is 7.94. The summed E-state index contributed by atoms with van der Waals surface area (Å²) in [6.45, 7) is 8.19. The maximum Gasteiger partial charge on any atom is 0.317 e. The number of rotatable bonds is 4. The molecule has 0 unspecified atom stereocenters. The van der Waals surface area contributed by atoms with Gasteiger partial charge in [-0.3, -0.25) is 0 Å². The van der Waals surface area contributed by atoms with E-state index in [1.54, 1.807) is 0 Å². The zero-order chi connectivity index (χ0) is 16.8. The molecule has 138 valence electrons. The van der Waals surface area contributed by atoms with E-state index in [0.29, 0.717) is 12.0 Å². The summed E-state index contributed by atoms with van der Waals surface area (Å²) < 4.78 is 5.82. The Labute approximate surface area is 147 Å². The molecule has 2 amide bonds. The highest BCUT2D eigenvalue weighted by molar-refractivity contribution is 5.74. The van der Waals surface area contributed by atoms with Gasteiger partial charge in [-0.25, -0.2) is 4.79 Å². The number of urea groups is 1. The topological polar surface area (TPSA) is 44.8 Å². The van der Waals surface area contributed by atoms with E-state index in [0.717, 1.165) is 39.1 Å². The molecule has 3 rings (SSSR count). The number of nitrogens with one attached hydrogen (secondary N) is 1. The summed E-state index contributed by atoms with van der Waals surface area (Å²) >= 11 is 0. The van der Waals surface area contributed by atoms with E-state index in [1.165, 1.54) is 51.6 Å². The summed E-state index contributed by atoms with van der Waals surface area (Å²) in [5.74, 6) is 0.658. The number of hydrogen-bond acceptors (Lipinski definition) is 3. The third-order valence-corrected chi connectivity index (χ3v) is 5.92. The Hall–Kier alpha value is -0.810. The van der Waals surface area contributed by atoms with Crippen molar-refractivity contribution in [3.63, 3.8) is 0 Å². The lowest BCUT2D eigenvalue weighted by atomic mass is 9.90. The Morgan fingerprint density at radius 3 is 2.38 bits per heavy atom. The van der Waals surface area contributed by atoms with Crippen molar-refractivity contribution < 1.29 is 9.53 Å². The molecule has 0 aromatic heterocycles. The van der Waals surface area contributed by atoms with Crippen LogP contribution in [0.4, 0.5) is 4.79 Å². The molecule has 0 bridgehead atoms. The van der Waals surface area contributed by atoms with Crippen LogP contribution in [-0.4, -0.2) is 67.3 Å². The van der Waals surface area contributed by atoms with Crippen LogP contribution in [0.2, 0.25) is 0 Å². The Morgan fingerprint density at radius 2 is 1.75 bits per heavy atom. The first-order valence-electron chi connectivity index (χ1n) is 10.1. The number of nitrogens with zero attached hydrogens (tertiary/aromatic N) is 2. The van der Waals surface area contributed by atoms with E-state index >= 15 is 0 Å². The van der Waals surface area contributed by atoms with Gasteiger partial charge in [-0.15, -0.1) is 0 Å². The Balaban J connectivity index is 1.37. The third kappa shape index (κ3) is 5.09. The highest BCUT2D eigenvalue weighted by atomic mass is 16.5. The predicted molar refractivity (Wildman–Crippen MR) is 96.2 cm³/mol. The van der Waals surface area contributed by atoms with Crippen LogP contribution >= 0.6 is 0 Å². The molecule has 2 atom stereocenters. The molecule has 0 aromatic carbocycles. The quantitative estimate of drug-likeness (QED) is 0.858. The second kappa shape index (κ2) is 9.04. The minimum absolute atomic E-state index is 0.128. The van der Waals surface area contributed by atoms with Crippen molar-refractivity contribution in [1.82, 2.24) is 15.1 Å². The second-order valence-corrected chi connectivity index (χ2v) is 7.94. The molecule has 0 aromatic rings. The molecule has 0 aliphatic carbocycles. The first kappa shape index (κ1) is 18.0. The molecule has 0 radical (unpaired) electrons. The van der Waals surface area contributed by atoms with Crippen LogP contribution in [0.25, 0.3) is 0 Å². The third-order valence-electron chi connectivity index (χ3n) is 5.92. The molecule has 3 aliphatic rings. The molecule has 3 saturated heterocycles. The van der Waals surface area contributed by atoms with E-state index in [9.17, 15) is 4.79 Å². The molecule has 1 N–H and O–H groups in total. The van der Waals surface area contributed by atoms with Crippen LogP contribution in [0, 0.1) is 5.92 Å². The first-order chi connectivity index (χ1) is 11.7. The molecule has 3 fully saturated rings. The first-order valence-corrected chi connectivity index (χ1v) is 10.1. The van der Waals surface area contributed by atoms with Crippen molar-refractivity contribution in [2.24, 2.45) is 5.92 Å². The number of carbonyl (C=O) groups is 1. The van der Waals surface area contributed by atoms with Gasteiger partial charge in [-0.2, -0.15) is 0 Å². The van der Waals surface area contributed by atoms with Crippen molar-refractivity contribution in [2.45, 2.75) is 70.4 Å². The molecule has 0 spiro atoms. The number of likely N-dealkylation sites (tertiary alicyclic amines) is 2. The molecule has 24 heavy (non-hydrogen) atoms. The van der Waals surface area contributed by atoms with Crippen molar-refractivity contribution in [3.8, 4) is 0 Å². The fourth-order valence-corrected chi connectivity index (χ4v) is 4.50. The van der Waals surface area contributed by atoms with Gasteiger partial charge in [0.2, 0.25) is 0 Å². The lowest BCUT2D eigenvalue weighted by molar-refractivity contribution is 0.0370. The molecule has 3 heterocycles. The van der Waals surface area contributed by atoms with Crippen LogP contribution in [0.15, 0.2) is 0 Å². The van der Waals surface area contributed by atoms with Gasteiger partial charge in [0, 0.05) is 32.3 Å². The van der Waals surface area contributed by atoms with Crippen LogP contribution in [0.3, 0.4) is 0 Å². The highest BCUT2D eigenvalue weighted by Crippen LogP contribution is 2.28. The summed E-state index contributed by atoms with van der Waals surface area (Å²) in [5.41, 5.74) is 0. The minimum atomic E-state index is 0.128. The smallest absolute Gasteiger partial charge is 0.317 e. The largest absolute Gasteiger partial charge is 0.378 e. The maximum absolute atomic E-state index is 12.5. The highest BCUT2D eigenvalue weighted by Gasteiger charge is 2.31. The molecule has 0 saturated carbocycles. The summed E-state index contributed by atoms with van der Waals surface area (Å²) in [6.07, 6.45) is 10.4. The van der Waals surface area contributed by atoms with Crippen molar-refractivity contribution in [1.29, 1.82) is 0 Å². The molecule has 5 heteroatoms. The Kier molecular flexibility index (Phi) is 6.78. The average Bonchev–Trinajstić information content (AvgIpc) is 3.01. The summed E-state index contributed by atoms with van der Waals surface area (Å²) in [6, 6.07) is 0.356. The molecular weight excluding hydrogens is 302 g/mol. The fourth-order valence-electron chi connectivity index (χ4n) is 4.50. The lowest BCUT2D eigenvalue weighted by Crippen LogP contribution is -2.50. The number of piperidine rings is 1. The summed E-state index contributed by atoms with van der Waals surface area (Å²) in [5, 5.41) is 3.22. The van der Waals surface area contributed by atoms with Gasteiger partial charge in [0.1, 0.15) is 0 Å². The van der Waals surface area contributed by atoms with Crippen molar-refractivity contribution >= 4 is 6.03 Å². The number of hydrogen-bond donors (Lipinski definition) is 1. The van der Waals surface area contributed by atoms with Gasteiger partial charge < -0.3 is 19.9 Å². The van der Waals surface area contributed by atoms with E-state index in [2.05, 4.69) is 17.1 Å². The minimum Gasteiger partial charge on any atom is -0.378 e. The molecular formula is C19H35N3O2. The van der Waals surface area contributed by atoms with Crippen LogP contribution in [0.5, 0.6) is 0 Å². The molecule has 3 aliphatic heterocycles. The predicted octanol–water partition coefficient (Wildman–Crippen LogP) is 2.85. The summed E-state index contributed by atoms with van der Waals surface area (Å²) in [7, 11) is 0. The van der Waals surface area contributed by atoms with Gasteiger partial charge in [-0.1, -0.05) is 12.8 Å². The SMILES string of the molecule is C[C@@H](CN1CCCCCC1)NC(=O)N1CCC([C@H]2CCCO2)CC1. The van der Waals surface area contributed by atoms with E-state index in [-0.39, 0.29) is 12.1 Å². The fraction of sp³-hybridized carbons (Fsp3) is 0.947. The maximum atomic E-state index is 12.5. The zero-order valence-corrected chi connectivity index (χ0v) is 15.3. The normalized spacial score (nSPS) is 28.5.